The monoisotopic (exact) mass is 382 g/mol. The molecular weight excluding hydrogens is 352 g/mol. The van der Waals surface area contributed by atoms with Crippen LogP contribution in [0.5, 0.6) is 17.2 Å². The molecule has 0 aliphatic carbocycles. The van der Waals surface area contributed by atoms with Crippen molar-refractivity contribution in [3.8, 4) is 17.2 Å². The summed E-state index contributed by atoms with van der Waals surface area (Å²) in [6.07, 6.45) is 6.29. The molecule has 2 aromatic carbocycles. The minimum absolute atomic E-state index is 0.420. The molecule has 1 atom stereocenters. The van der Waals surface area contributed by atoms with Crippen LogP contribution in [0.3, 0.4) is 0 Å². The van der Waals surface area contributed by atoms with Crippen molar-refractivity contribution in [2.24, 2.45) is 5.92 Å². The van der Waals surface area contributed by atoms with E-state index in [2.05, 4.69) is 20.8 Å². The summed E-state index contributed by atoms with van der Waals surface area (Å²) in [4.78, 5) is 12.0. The zero-order valence-electron chi connectivity index (χ0n) is 17.0. The van der Waals surface area contributed by atoms with Gasteiger partial charge in [-0.15, -0.1) is 0 Å². The molecule has 0 saturated carbocycles. The Labute approximate surface area is 168 Å². The maximum Gasteiger partial charge on any atom is 0.336 e. The van der Waals surface area contributed by atoms with Gasteiger partial charge >= 0.3 is 5.97 Å². The topological polar surface area (TPSA) is 44.8 Å². The van der Waals surface area contributed by atoms with E-state index in [1.54, 1.807) is 18.2 Å². The predicted octanol–water partition coefficient (Wildman–Crippen LogP) is 5.91. The van der Waals surface area contributed by atoms with Gasteiger partial charge < -0.3 is 14.2 Å². The average molecular weight is 383 g/mol. The van der Waals surface area contributed by atoms with E-state index in [1.807, 2.05) is 36.4 Å². The van der Waals surface area contributed by atoms with E-state index in [1.165, 1.54) is 6.08 Å². The van der Waals surface area contributed by atoms with Crippen molar-refractivity contribution in [3.63, 3.8) is 0 Å². The van der Waals surface area contributed by atoms with Crippen LogP contribution in [0.2, 0.25) is 0 Å². The summed E-state index contributed by atoms with van der Waals surface area (Å²) in [5.74, 6) is 2.34. The van der Waals surface area contributed by atoms with Crippen molar-refractivity contribution in [1.29, 1.82) is 0 Å². The van der Waals surface area contributed by atoms with Gasteiger partial charge in [-0.05, 0) is 66.8 Å². The molecule has 28 heavy (non-hydrogen) atoms. The number of benzene rings is 2. The zero-order chi connectivity index (χ0) is 20.2. The molecule has 1 unspecified atom stereocenters. The average Bonchev–Trinajstić information content (AvgIpc) is 2.72. The lowest BCUT2D eigenvalue weighted by molar-refractivity contribution is -0.128. The van der Waals surface area contributed by atoms with Crippen LogP contribution >= 0.6 is 0 Å². The molecule has 4 heteroatoms. The summed E-state index contributed by atoms with van der Waals surface area (Å²) >= 11 is 0. The van der Waals surface area contributed by atoms with E-state index in [0.717, 1.165) is 36.3 Å². The highest BCUT2D eigenvalue weighted by Gasteiger charge is 2.03. The largest absolute Gasteiger partial charge is 0.494 e. The van der Waals surface area contributed by atoms with Gasteiger partial charge in [-0.3, -0.25) is 0 Å². The fraction of sp³-hybridized carbons (Fsp3) is 0.375. The van der Waals surface area contributed by atoms with Crippen LogP contribution in [0.4, 0.5) is 0 Å². The number of ether oxygens (including phenoxy) is 3. The van der Waals surface area contributed by atoms with Gasteiger partial charge in [0.1, 0.15) is 17.2 Å². The smallest absolute Gasteiger partial charge is 0.336 e. The first-order chi connectivity index (χ1) is 13.6. The van der Waals surface area contributed by atoms with Crippen molar-refractivity contribution in [1.82, 2.24) is 0 Å². The highest BCUT2D eigenvalue weighted by atomic mass is 16.5. The Balaban J connectivity index is 1.79. The molecule has 0 fully saturated rings. The molecule has 0 N–H and O–H groups in total. The number of carbonyl (C=O) groups excluding carboxylic acids is 1. The van der Waals surface area contributed by atoms with Crippen molar-refractivity contribution in [2.45, 2.75) is 40.0 Å². The van der Waals surface area contributed by atoms with E-state index in [9.17, 15) is 4.79 Å². The van der Waals surface area contributed by atoms with Crippen LogP contribution < -0.4 is 14.2 Å². The SMILES string of the molecule is CCCOc1ccc(C=CC(=O)Oc2ccc(OCCC(C)CC)cc2)cc1. The van der Waals surface area contributed by atoms with Gasteiger partial charge in [0.25, 0.3) is 0 Å². The van der Waals surface area contributed by atoms with E-state index >= 15 is 0 Å². The summed E-state index contributed by atoms with van der Waals surface area (Å²) in [6.45, 7) is 7.85. The second-order valence-electron chi connectivity index (χ2n) is 6.79. The van der Waals surface area contributed by atoms with Gasteiger partial charge in [0.2, 0.25) is 0 Å². The molecule has 0 aliphatic rings. The van der Waals surface area contributed by atoms with Gasteiger partial charge in [0.15, 0.2) is 0 Å². The molecule has 150 valence electrons. The Kier molecular flexibility index (Phi) is 9.13. The van der Waals surface area contributed by atoms with Crippen molar-refractivity contribution < 1.29 is 19.0 Å². The maximum atomic E-state index is 12.0. The normalized spacial score (nSPS) is 12.0. The van der Waals surface area contributed by atoms with Gasteiger partial charge in [-0.1, -0.05) is 39.3 Å². The second-order valence-corrected chi connectivity index (χ2v) is 6.79. The third-order valence-corrected chi connectivity index (χ3v) is 4.38. The fourth-order valence-corrected chi connectivity index (χ4v) is 2.40. The summed E-state index contributed by atoms with van der Waals surface area (Å²) < 4.78 is 16.6. The number of hydrogen-bond acceptors (Lipinski definition) is 4. The standard InChI is InChI=1S/C24H30O4/c1-4-17-26-21-9-6-20(7-10-21)8-15-24(25)28-23-13-11-22(12-14-23)27-18-16-19(3)5-2/h6-15,19H,4-5,16-18H2,1-3H3. The van der Waals surface area contributed by atoms with Crippen LogP contribution in [0.15, 0.2) is 54.6 Å². The van der Waals surface area contributed by atoms with Crippen molar-refractivity contribution >= 4 is 12.0 Å². The molecule has 0 heterocycles. The highest BCUT2D eigenvalue weighted by molar-refractivity contribution is 5.88. The van der Waals surface area contributed by atoms with Crippen LogP contribution in [0.1, 0.15) is 45.6 Å². The summed E-state index contributed by atoms with van der Waals surface area (Å²) in [5, 5.41) is 0. The quantitative estimate of drug-likeness (QED) is 0.275. The molecule has 0 spiro atoms. The number of hydrogen-bond donors (Lipinski definition) is 0. The summed E-state index contributed by atoms with van der Waals surface area (Å²) in [6, 6.07) is 14.7. The third kappa shape index (κ3) is 7.87. The van der Waals surface area contributed by atoms with Gasteiger partial charge in [-0.25, -0.2) is 4.79 Å². The maximum absolute atomic E-state index is 12.0. The van der Waals surface area contributed by atoms with Crippen molar-refractivity contribution in [3.05, 3.63) is 60.2 Å². The minimum atomic E-state index is -0.420. The van der Waals surface area contributed by atoms with Crippen LogP contribution in [0, 0.1) is 5.92 Å². The first kappa shape index (κ1) is 21.5. The first-order valence-corrected chi connectivity index (χ1v) is 9.96. The number of rotatable bonds is 11. The Bertz CT molecular complexity index is 732. The molecule has 0 aromatic heterocycles. The molecule has 0 radical (unpaired) electrons. The van der Waals surface area contributed by atoms with Gasteiger partial charge in [0.05, 0.1) is 13.2 Å². The van der Waals surface area contributed by atoms with Crippen LogP contribution in [-0.4, -0.2) is 19.2 Å². The number of carbonyl (C=O) groups is 1. The predicted molar refractivity (Wildman–Crippen MR) is 113 cm³/mol. The van der Waals surface area contributed by atoms with Gasteiger partial charge in [-0.2, -0.15) is 0 Å². The molecule has 0 aliphatic heterocycles. The first-order valence-electron chi connectivity index (χ1n) is 9.96. The van der Waals surface area contributed by atoms with Crippen molar-refractivity contribution in [2.75, 3.05) is 13.2 Å². The van der Waals surface area contributed by atoms with Gasteiger partial charge in [0, 0.05) is 6.08 Å². The zero-order valence-corrected chi connectivity index (χ0v) is 17.0. The fourth-order valence-electron chi connectivity index (χ4n) is 2.40. The summed E-state index contributed by atoms with van der Waals surface area (Å²) in [7, 11) is 0. The Morgan fingerprint density at radius 1 is 0.893 bits per heavy atom. The molecule has 2 aromatic rings. The lowest BCUT2D eigenvalue weighted by atomic mass is 10.1. The summed E-state index contributed by atoms with van der Waals surface area (Å²) in [5.41, 5.74) is 0.908. The highest BCUT2D eigenvalue weighted by Crippen LogP contribution is 2.19. The molecule has 4 nitrogen and oxygen atoms in total. The lowest BCUT2D eigenvalue weighted by Gasteiger charge is -2.10. The second kappa shape index (κ2) is 11.9. The molecular formula is C24H30O4. The number of esters is 1. The Hall–Kier alpha value is -2.75. The minimum Gasteiger partial charge on any atom is -0.494 e. The van der Waals surface area contributed by atoms with E-state index < -0.39 is 5.97 Å². The van der Waals surface area contributed by atoms with E-state index in [-0.39, 0.29) is 0 Å². The molecule has 0 saturated heterocycles. The molecule has 2 rings (SSSR count). The third-order valence-electron chi connectivity index (χ3n) is 4.38. The molecule has 0 bridgehead atoms. The van der Waals surface area contributed by atoms with E-state index in [4.69, 9.17) is 14.2 Å². The van der Waals surface area contributed by atoms with Crippen LogP contribution in [-0.2, 0) is 4.79 Å². The Morgan fingerprint density at radius 3 is 2.07 bits per heavy atom. The molecule has 0 amide bonds. The van der Waals surface area contributed by atoms with Crippen LogP contribution in [0.25, 0.3) is 6.08 Å². The lowest BCUT2D eigenvalue weighted by Crippen LogP contribution is -2.04. The Morgan fingerprint density at radius 2 is 1.46 bits per heavy atom. The van der Waals surface area contributed by atoms with E-state index in [0.29, 0.717) is 24.9 Å².